The van der Waals surface area contributed by atoms with Gasteiger partial charge in [0, 0.05) is 44.8 Å². The molecule has 3 aromatic rings. The van der Waals surface area contributed by atoms with Crippen LogP contribution in [0, 0.1) is 6.92 Å². The molecule has 216 valence electrons. The number of ether oxygens (including phenoxy) is 2. The number of primary amides is 1. The van der Waals surface area contributed by atoms with Crippen LogP contribution in [0.2, 0.25) is 0 Å². The van der Waals surface area contributed by atoms with Gasteiger partial charge in [-0.2, -0.15) is 5.10 Å². The fourth-order valence-electron chi connectivity index (χ4n) is 4.67. The quantitative estimate of drug-likeness (QED) is 0.287. The number of nitrogens with zero attached hydrogens (tertiary/aromatic N) is 5. The Morgan fingerprint density at radius 2 is 1.90 bits per heavy atom. The first kappa shape index (κ1) is 29.0. The molecule has 3 amide bonds. The minimum Gasteiger partial charge on any atom is -0.491 e. The molecule has 1 aliphatic heterocycles. The maximum absolute atomic E-state index is 13.2. The summed E-state index contributed by atoms with van der Waals surface area (Å²) in [6.45, 7) is 11.4. The third-order valence-corrected chi connectivity index (χ3v) is 6.64. The van der Waals surface area contributed by atoms with E-state index >= 15 is 0 Å². The molecule has 40 heavy (non-hydrogen) atoms. The number of hydrogen-bond donors (Lipinski definition) is 3. The van der Waals surface area contributed by atoms with E-state index in [1.54, 1.807) is 22.9 Å². The van der Waals surface area contributed by atoms with E-state index in [0.29, 0.717) is 61.3 Å². The molecule has 1 aromatic carbocycles. The number of morpholine rings is 1. The summed E-state index contributed by atoms with van der Waals surface area (Å²) in [6.07, 6.45) is 0.889. The van der Waals surface area contributed by atoms with Crippen molar-refractivity contribution in [1.82, 2.24) is 29.5 Å². The number of benzene rings is 1. The van der Waals surface area contributed by atoms with Gasteiger partial charge in [-0.05, 0) is 38.5 Å². The zero-order valence-corrected chi connectivity index (χ0v) is 23.4. The Hall–Kier alpha value is -3.97. The smallest absolute Gasteiger partial charge is 0.276 e. The molecular formula is C27H38N8O5. The van der Waals surface area contributed by atoms with E-state index in [-0.39, 0.29) is 30.4 Å². The molecule has 0 radical (unpaired) electrons. The summed E-state index contributed by atoms with van der Waals surface area (Å²) in [5.74, 6) is -0.431. The van der Waals surface area contributed by atoms with E-state index in [9.17, 15) is 14.4 Å². The molecule has 0 saturated carbocycles. The van der Waals surface area contributed by atoms with Gasteiger partial charge in [-0.1, -0.05) is 6.92 Å². The molecule has 4 rings (SSSR count). The Kier molecular flexibility index (Phi) is 9.72. The number of rotatable bonds is 13. The van der Waals surface area contributed by atoms with Crippen molar-refractivity contribution in [1.29, 1.82) is 0 Å². The number of amides is 3. The van der Waals surface area contributed by atoms with E-state index in [0.717, 1.165) is 31.7 Å². The minimum absolute atomic E-state index is 0.0919. The Balaban J connectivity index is 1.50. The van der Waals surface area contributed by atoms with Crippen LogP contribution < -0.4 is 21.1 Å². The van der Waals surface area contributed by atoms with Crippen LogP contribution in [0.3, 0.4) is 0 Å². The lowest BCUT2D eigenvalue weighted by molar-refractivity contribution is -0.121. The number of aryl methyl sites for hydroxylation is 3. The first-order chi connectivity index (χ1) is 19.3. The number of nitrogens with one attached hydrogen (secondary N) is 2. The second-order valence-corrected chi connectivity index (χ2v) is 9.64. The molecule has 4 N–H and O–H groups in total. The number of imidazole rings is 1. The SMILES string of the molecule is CCCn1c(NC(=O)c2cc(C)nn2CC)nc2cc(C(N)=O)cc(OCCC(=O)NCCN3CCOCC3)c21. The summed E-state index contributed by atoms with van der Waals surface area (Å²) in [4.78, 5) is 44.5. The van der Waals surface area contributed by atoms with Crippen molar-refractivity contribution in [3.05, 3.63) is 35.2 Å². The van der Waals surface area contributed by atoms with Crippen molar-refractivity contribution >= 4 is 34.7 Å². The molecule has 0 atom stereocenters. The fraction of sp³-hybridized carbons (Fsp3) is 0.519. The second-order valence-electron chi connectivity index (χ2n) is 9.64. The van der Waals surface area contributed by atoms with E-state index in [1.165, 1.54) is 0 Å². The first-order valence-corrected chi connectivity index (χ1v) is 13.7. The fourth-order valence-corrected chi connectivity index (χ4v) is 4.67. The number of carbonyl (C=O) groups is 3. The summed E-state index contributed by atoms with van der Waals surface area (Å²) in [6, 6.07) is 4.85. The van der Waals surface area contributed by atoms with Gasteiger partial charge in [-0.15, -0.1) is 0 Å². The highest BCUT2D eigenvalue weighted by Gasteiger charge is 2.22. The van der Waals surface area contributed by atoms with Crippen molar-refractivity contribution in [2.45, 2.75) is 46.7 Å². The van der Waals surface area contributed by atoms with Crippen LogP contribution in [0.15, 0.2) is 18.2 Å². The van der Waals surface area contributed by atoms with Crippen LogP contribution >= 0.6 is 0 Å². The van der Waals surface area contributed by atoms with Crippen LogP contribution in [-0.4, -0.2) is 88.0 Å². The topological polar surface area (TPSA) is 159 Å². The third kappa shape index (κ3) is 6.96. The zero-order chi connectivity index (χ0) is 28.6. The maximum atomic E-state index is 13.2. The lowest BCUT2D eigenvalue weighted by atomic mass is 10.1. The molecular weight excluding hydrogens is 516 g/mol. The summed E-state index contributed by atoms with van der Waals surface area (Å²) in [7, 11) is 0. The highest BCUT2D eigenvalue weighted by Crippen LogP contribution is 2.31. The summed E-state index contributed by atoms with van der Waals surface area (Å²) in [5.41, 5.74) is 8.01. The van der Waals surface area contributed by atoms with E-state index in [2.05, 4.69) is 25.6 Å². The molecule has 13 nitrogen and oxygen atoms in total. The number of hydrogen-bond acceptors (Lipinski definition) is 8. The third-order valence-electron chi connectivity index (χ3n) is 6.64. The molecule has 1 aliphatic rings. The van der Waals surface area contributed by atoms with Gasteiger partial charge < -0.3 is 25.1 Å². The van der Waals surface area contributed by atoms with Gasteiger partial charge in [-0.3, -0.25) is 29.3 Å². The minimum atomic E-state index is -0.634. The van der Waals surface area contributed by atoms with Gasteiger partial charge in [0.05, 0.1) is 37.5 Å². The van der Waals surface area contributed by atoms with Crippen molar-refractivity contribution in [3.8, 4) is 5.75 Å². The lowest BCUT2D eigenvalue weighted by Gasteiger charge is -2.26. The van der Waals surface area contributed by atoms with Crippen molar-refractivity contribution < 1.29 is 23.9 Å². The summed E-state index contributed by atoms with van der Waals surface area (Å²) >= 11 is 0. The standard InChI is InChI=1S/C27H38N8O5/c1-4-8-34-24-20(30-27(34)31-26(38)21-15-18(3)32-35(21)5-2)16-19(25(28)37)17-22(24)40-12-6-23(36)29-7-9-33-10-13-39-14-11-33/h15-17H,4-14H2,1-3H3,(H2,28,37)(H,29,36)(H,30,31,38). The largest absolute Gasteiger partial charge is 0.491 e. The predicted molar refractivity (Wildman–Crippen MR) is 150 cm³/mol. The molecule has 13 heteroatoms. The average Bonchev–Trinajstić information content (AvgIpc) is 3.49. The highest BCUT2D eigenvalue weighted by atomic mass is 16.5. The Morgan fingerprint density at radius 3 is 2.60 bits per heavy atom. The van der Waals surface area contributed by atoms with Gasteiger partial charge in [-0.25, -0.2) is 4.98 Å². The maximum Gasteiger partial charge on any atom is 0.276 e. The number of fused-ring (bicyclic) bond motifs is 1. The van der Waals surface area contributed by atoms with E-state index < -0.39 is 5.91 Å². The Labute approximate surface area is 233 Å². The molecule has 0 aliphatic carbocycles. The second kappa shape index (κ2) is 13.4. The van der Waals surface area contributed by atoms with Crippen LogP contribution in [0.25, 0.3) is 11.0 Å². The molecule has 1 fully saturated rings. The van der Waals surface area contributed by atoms with Crippen LogP contribution in [0.5, 0.6) is 5.75 Å². The number of nitrogens with two attached hydrogens (primary N) is 1. The van der Waals surface area contributed by atoms with Gasteiger partial charge in [0.2, 0.25) is 17.8 Å². The number of anilines is 1. The first-order valence-electron chi connectivity index (χ1n) is 13.7. The van der Waals surface area contributed by atoms with Gasteiger partial charge in [0.25, 0.3) is 5.91 Å². The molecule has 0 spiro atoms. The molecule has 1 saturated heterocycles. The van der Waals surface area contributed by atoms with E-state index in [4.69, 9.17) is 15.2 Å². The molecule has 0 bridgehead atoms. The van der Waals surface area contributed by atoms with Crippen LogP contribution in [-0.2, 0) is 22.6 Å². The lowest BCUT2D eigenvalue weighted by Crippen LogP contribution is -2.41. The monoisotopic (exact) mass is 554 g/mol. The zero-order valence-electron chi connectivity index (χ0n) is 23.4. The van der Waals surface area contributed by atoms with Gasteiger partial charge >= 0.3 is 0 Å². The molecule has 0 unspecified atom stereocenters. The number of aromatic nitrogens is 4. The van der Waals surface area contributed by atoms with Crippen molar-refractivity contribution in [3.63, 3.8) is 0 Å². The van der Waals surface area contributed by atoms with Gasteiger partial charge in [0.1, 0.15) is 17.0 Å². The molecule has 2 aromatic heterocycles. The average molecular weight is 555 g/mol. The van der Waals surface area contributed by atoms with E-state index in [1.807, 2.05) is 25.3 Å². The highest BCUT2D eigenvalue weighted by molar-refractivity contribution is 6.04. The van der Waals surface area contributed by atoms with Crippen molar-refractivity contribution in [2.24, 2.45) is 5.73 Å². The Morgan fingerprint density at radius 1 is 1.12 bits per heavy atom. The van der Waals surface area contributed by atoms with Crippen molar-refractivity contribution in [2.75, 3.05) is 51.3 Å². The summed E-state index contributed by atoms with van der Waals surface area (Å²) < 4.78 is 14.8. The van der Waals surface area contributed by atoms with Gasteiger partial charge in [0.15, 0.2) is 0 Å². The number of carbonyl (C=O) groups excluding carboxylic acids is 3. The van der Waals surface area contributed by atoms with Crippen LogP contribution in [0.4, 0.5) is 5.95 Å². The molecule has 3 heterocycles. The van der Waals surface area contributed by atoms with Crippen LogP contribution in [0.1, 0.15) is 53.2 Å². The Bertz CT molecular complexity index is 1360. The summed E-state index contributed by atoms with van der Waals surface area (Å²) in [5, 5.41) is 10.2. The normalized spacial score (nSPS) is 13.9. The predicted octanol–water partition coefficient (Wildman–Crippen LogP) is 1.54.